The third-order valence-electron chi connectivity index (χ3n) is 6.73. The van der Waals surface area contributed by atoms with Gasteiger partial charge in [-0.15, -0.1) is 11.3 Å². The molecule has 226 valence electrons. The van der Waals surface area contributed by atoms with Crippen molar-refractivity contribution in [3.8, 4) is 11.5 Å². The van der Waals surface area contributed by atoms with Crippen LogP contribution in [0.1, 0.15) is 38.1 Å². The predicted molar refractivity (Wildman–Crippen MR) is 175 cm³/mol. The Morgan fingerprint density at radius 3 is 2.70 bits per heavy atom. The number of rotatable bonds is 9. The Hall–Kier alpha value is -3.65. The van der Waals surface area contributed by atoms with Gasteiger partial charge in [-0.05, 0) is 74.5 Å². The Morgan fingerprint density at radius 2 is 1.95 bits per heavy atom. The van der Waals surface area contributed by atoms with E-state index >= 15 is 0 Å². The number of benzene rings is 2. The van der Waals surface area contributed by atoms with Crippen LogP contribution >= 0.6 is 50.4 Å². The number of nitrogens with zero attached hydrogens (tertiary/aromatic N) is 3. The topological polar surface area (TPSA) is 105 Å². The van der Waals surface area contributed by atoms with E-state index in [1.807, 2.05) is 43.3 Å². The lowest BCUT2D eigenvalue weighted by Gasteiger charge is -2.26. The van der Waals surface area contributed by atoms with Crippen molar-refractivity contribution in [2.24, 2.45) is 4.99 Å². The van der Waals surface area contributed by atoms with E-state index in [1.54, 1.807) is 50.5 Å². The first kappa shape index (κ1) is 30.4. The summed E-state index contributed by atoms with van der Waals surface area (Å²) in [5.41, 5.74) is 1.99. The first-order chi connectivity index (χ1) is 21.3. The minimum absolute atomic E-state index is 0.177. The van der Waals surface area contributed by atoms with Crippen molar-refractivity contribution >= 4 is 72.6 Å². The van der Waals surface area contributed by atoms with E-state index in [4.69, 9.17) is 18.6 Å². The Morgan fingerprint density at radius 1 is 1.14 bits per heavy atom. The number of esters is 1. The number of halogens is 1. The zero-order valence-corrected chi connectivity index (χ0v) is 28.1. The molecular weight excluding hydrogens is 686 g/mol. The molecule has 2 aromatic carbocycles. The van der Waals surface area contributed by atoms with E-state index in [0.717, 1.165) is 14.6 Å². The second-order valence-corrected chi connectivity index (χ2v) is 13.6. The number of hydrogen-bond donors (Lipinski definition) is 0. The number of aromatic nitrogens is 2. The summed E-state index contributed by atoms with van der Waals surface area (Å²) in [5.74, 6) is 0.976. The van der Waals surface area contributed by atoms with Gasteiger partial charge in [0.15, 0.2) is 25.7 Å². The summed E-state index contributed by atoms with van der Waals surface area (Å²) in [7, 11) is 1.54. The van der Waals surface area contributed by atoms with Gasteiger partial charge in [-0.25, -0.2) is 14.8 Å². The van der Waals surface area contributed by atoms with E-state index in [9.17, 15) is 9.59 Å². The highest BCUT2D eigenvalue weighted by molar-refractivity contribution is 9.10. The van der Waals surface area contributed by atoms with Crippen molar-refractivity contribution < 1.29 is 23.4 Å². The molecule has 0 unspecified atom stereocenters. The molecule has 1 aliphatic heterocycles. The van der Waals surface area contributed by atoms with E-state index in [2.05, 4.69) is 25.9 Å². The number of fused-ring (bicyclic) bond motifs is 2. The lowest BCUT2D eigenvalue weighted by Crippen LogP contribution is -2.40. The number of allylic oxidation sites excluding steroid dienone is 1. The second kappa shape index (κ2) is 12.8. The molecule has 4 heterocycles. The monoisotopic (exact) mass is 711 g/mol. The summed E-state index contributed by atoms with van der Waals surface area (Å²) in [5, 5.41) is 0.659. The summed E-state index contributed by atoms with van der Waals surface area (Å²) in [6.07, 6.45) is 1.69. The summed E-state index contributed by atoms with van der Waals surface area (Å²) in [6.45, 7) is 5.98. The van der Waals surface area contributed by atoms with Gasteiger partial charge in [-0.2, -0.15) is 0 Å². The van der Waals surface area contributed by atoms with Crippen molar-refractivity contribution in [3.63, 3.8) is 0 Å². The molecule has 0 aliphatic carbocycles. The largest absolute Gasteiger partial charge is 0.493 e. The maximum Gasteiger partial charge on any atom is 0.338 e. The molecule has 5 aromatic rings. The van der Waals surface area contributed by atoms with Gasteiger partial charge in [0.1, 0.15) is 5.76 Å². The lowest BCUT2D eigenvalue weighted by molar-refractivity contribution is -0.139. The number of carbonyl (C=O) groups excluding carboxylic acids is 1. The van der Waals surface area contributed by atoms with Gasteiger partial charge < -0.3 is 18.6 Å². The fourth-order valence-electron chi connectivity index (χ4n) is 4.85. The lowest BCUT2D eigenvalue weighted by atomic mass is 9.95. The maximum atomic E-state index is 14.0. The predicted octanol–water partition coefficient (Wildman–Crippen LogP) is 6.32. The highest BCUT2D eigenvalue weighted by Gasteiger charge is 2.35. The number of methoxy groups -OCH3 is 1. The van der Waals surface area contributed by atoms with Crippen LogP contribution in [0, 0.1) is 0 Å². The zero-order chi connectivity index (χ0) is 31.0. The highest BCUT2D eigenvalue weighted by Crippen LogP contribution is 2.41. The smallest absolute Gasteiger partial charge is 0.338 e. The number of hydrogen-bond acceptors (Lipinski definition) is 11. The maximum absolute atomic E-state index is 14.0. The van der Waals surface area contributed by atoms with Crippen LogP contribution in [0.5, 0.6) is 11.5 Å². The van der Waals surface area contributed by atoms with Gasteiger partial charge in [0, 0.05) is 10.5 Å². The number of para-hydroxylation sites is 1. The van der Waals surface area contributed by atoms with Crippen molar-refractivity contribution in [1.29, 1.82) is 0 Å². The van der Waals surface area contributed by atoms with E-state index in [-0.39, 0.29) is 17.7 Å². The van der Waals surface area contributed by atoms with Crippen molar-refractivity contribution in [3.05, 3.63) is 95.3 Å². The van der Waals surface area contributed by atoms with Gasteiger partial charge >= 0.3 is 5.97 Å². The molecule has 0 bridgehead atoms. The molecule has 0 saturated carbocycles. The molecule has 1 aliphatic rings. The van der Waals surface area contributed by atoms with Crippen molar-refractivity contribution in [2.45, 2.75) is 36.2 Å². The molecule has 0 spiro atoms. The van der Waals surface area contributed by atoms with Gasteiger partial charge in [0.2, 0.25) is 0 Å². The minimum atomic E-state index is -0.826. The van der Waals surface area contributed by atoms with Crippen molar-refractivity contribution in [2.75, 3.05) is 20.3 Å². The van der Waals surface area contributed by atoms with Crippen LogP contribution in [0.3, 0.4) is 0 Å². The third-order valence-corrected chi connectivity index (χ3v) is 10.4. The first-order valence-corrected chi connectivity index (χ1v) is 16.9. The molecule has 13 heteroatoms. The minimum Gasteiger partial charge on any atom is -0.493 e. The standard InChI is InChI=1S/C31H26BrN3O6S3/c1-5-39-22-15-19(32)18(14-21(22)38-4)27-26(29(37)40-6-2)16(3)33-30-35(27)28(36)24(42-30)13-17-11-12-25(41-17)44-31-34-20-9-7-8-10-23(20)43-31/h7-15,27H,5-6H2,1-4H3/b24-13+/t27-/m0/s1. The third kappa shape index (κ3) is 5.76. The second-order valence-electron chi connectivity index (χ2n) is 9.47. The summed E-state index contributed by atoms with van der Waals surface area (Å²) in [6, 6.07) is 14.4. The highest BCUT2D eigenvalue weighted by atomic mass is 79.9. The normalized spacial score (nSPS) is 14.9. The Labute approximate surface area is 272 Å². The van der Waals surface area contributed by atoms with Crippen LogP contribution in [0.25, 0.3) is 16.3 Å². The summed E-state index contributed by atoms with van der Waals surface area (Å²) >= 11 is 7.89. The summed E-state index contributed by atoms with van der Waals surface area (Å²) < 4.78 is 27.4. The van der Waals surface area contributed by atoms with Crippen LogP contribution in [-0.4, -0.2) is 35.8 Å². The Bertz CT molecular complexity index is 2080. The van der Waals surface area contributed by atoms with E-state index in [1.165, 1.54) is 27.7 Å². The molecule has 0 radical (unpaired) electrons. The quantitative estimate of drug-likeness (QED) is 0.164. The number of ether oxygens (including phenoxy) is 3. The zero-order valence-electron chi connectivity index (χ0n) is 24.1. The molecular formula is C31H26BrN3O6S3. The average Bonchev–Trinajstić information content (AvgIpc) is 3.70. The number of thiazole rings is 2. The van der Waals surface area contributed by atoms with Gasteiger partial charge in [0.25, 0.3) is 5.56 Å². The van der Waals surface area contributed by atoms with Crippen LogP contribution in [-0.2, 0) is 9.53 Å². The SMILES string of the molecule is CCOC(=O)C1=C(C)N=c2s/c(=C/c3ccc(Sc4nc5ccccc5s4)o3)c(=O)n2[C@H]1c1cc(OC)c(OCC)cc1Br. The molecule has 0 amide bonds. The fraction of sp³-hybridized carbons (Fsp3) is 0.226. The molecule has 1 atom stereocenters. The van der Waals surface area contributed by atoms with Gasteiger partial charge in [-0.3, -0.25) is 9.36 Å². The van der Waals surface area contributed by atoms with Gasteiger partial charge in [0.05, 0.1) is 52.4 Å². The molecule has 0 fully saturated rings. The van der Waals surface area contributed by atoms with E-state index in [0.29, 0.717) is 54.0 Å². The molecule has 9 nitrogen and oxygen atoms in total. The Kier molecular flexibility index (Phi) is 8.81. The molecule has 0 saturated heterocycles. The van der Waals surface area contributed by atoms with Crippen LogP contribution in [0.15, 0.2) is 87.9 Å². The van der Waals surface area contributed by atoms with Gasteiger partial charge in [-0.1, -0.05) is 39.4 Å². The number of carbonyl (C=O) groups is 1. The van der Waals surface area contributed by atoms with Crippen LogP contribution in [0.4, 0.5) is 0 Å². The average molecular weight is 713 g/mol. The fourth-order valence-corrected chi connectivity index (χ4v) is 8.39. The van der Waals surface area contributed by atoms with Crippen LogP contribution < -0.4 is 24.4 Å². The molecule has 6 rings (SSSR count). The molecule has 44 heavy (non-hydrogen) atoms. The first-order valence-electron chi connectivity index (χ1n) is 13.6. The molecule has 0 N–H and O–H groups in total. The summed E-state index contributed by atoms with van der Waals surface area (Å²) in [4.78, 5) is 37.1. The Balaban J connectivity index is 1.43. The number of furan rings is 1. The van der Waals surface area contributed by atoms with Crippen molar-refractivity contribution in [1.82, 2.24) is 9.55 Å². The van der Waals surface area contributed by atoms with Crippen LogP contribution in [0.2, 0.25) is 0 Å². The van der Waals surface area contributed by atoms with E-state index < -0.39 is 12.0 Å². The molecule has 3 aromatic heterocycles.